The average molecular weight is 428 g/mol. The number of aliphatic imine (C=N–C) groups is 1. The highest BCUT2D eigenvalue weighted by Gasteiger charge is 2.28. The van der Waals surface area contributed by atoms with Gasteiger partial charge in [-0.05, 0) is 36.2 Å². The van der Waals surface area contributed by atoms with E-state index in [2.05, 4.69) is 15.1 Å². The number of aromatic nitrogens is 3. The van der Waals surface area contributed by atoms with Crippen molar-refractivity contribution in [3.05, 3.63) is 71.2 Å². The first-order valence-electron chi connectivity index (χ1n) is 9.22. The maximum Gasteiger partial charge on any atom is 0.422 e. The van der Waals surface area contributed by atoms with Crippen molar-refractivity contribution in [2.24, 2.45) is 10.7 Å². The van der Waals surface area contributed by atoms with E-state index in [1.165, 1.54) is 12.3 Å². The van der Waals surface area contributed by atoms with Crippen LogP contribution in [0.4, 0.5) is 19.0 Å². The minimum absolute atomic E-state index is 0.154. The van der Waals surface area contributed by atoms with Gasteiger partial charge in [0, 0.05) is 24.9 Å². The van der Waals surface area contributed by atoms with E-state index in [0.29, 0.717) is 29.1 Å². The summed E-state index contributed by atoms with van der Waals surface area (Å²) in [5.74, 6) is 0.806. The molecule has 3 aromatic rings. The van der Waals surface area contributed by atoms with Gasteiger partial charge in [0.1, 0.15) is 17.7 Å². The minimum atomic E-state index is -4.41. The third-order valence-electron chi connectivity index (χ3n) is 4.19. The maximum atomic E-state index is 12.4. The van der Waals surface area contributed by atoms with Gasteiger partial charge in [0.05, 0.1) is 17.8 Å². The Labute approximate surface area is 176 Å². The summed E-state index contributed by atoms with van der Waals surface area (Å²) in [6.07, 6.45) is -0.965. The zero-order valence-corrected chi connectivity index (χ0v) is 16.6. The smallest absolute Gasteiger partial charge is 0.422 e. The van der Waals surface area contributed by atoms with Crippen molar-refractivity contribution in [2.45, 2.75) is 26.1 Å². The molecule has 0 spiro atoms. The van der Waals surface area contributed by atoms with Crippen LogP contribution in [-0.2, 0) is 13.0 Å². The summed E-state index contributed by atoms with van der Waals surface area (Å²) in [6, 6.07) is 12.1. The Morgan fingerprint density at radius 2 is 2.06 bits per heavy atom. The SMILES string of the molecule is Cc1ccc(CC(N)=Nc2ccn(Cc3ccc(C#N)cn3)n2)cc1OCC(F)(F)F. The number of ether oxygens (including phenoxy) is 1. The molecule has 160 valence electrons. The number of aryl methyl sites for hydroxylation is 1. The Hall–Kier alpha value is -3.87. The molecule has 3 rings (SSSR count). The highest BCUT2D eigenvalue weighted by atomic mass is 19.4. The van der Waals surface area contributed by atoms with Crippen molar-refractivity contribution in [1.82, 2.24) is 14.8 Å². The average Bonchev–Trinajstić information content (AvgIpc) is 3.15. The number of benzene rings is 1. The van der Waals surface area contributed by atoms with E-state index in [-0.39, 0.29) is 18.0 Å². The Morgan fingerprint density at radius 1 is 1.26 bits per heavy atom. The minimum Gasteiger partial charge on any atom is -0.484 e. The van der Waals surface area contributed by atoms with Gasteiger partial charge in [-0.25, -0.2) is 4.99 Å². The van der Waals surface area contributed by atoms with Crippen LogP contribution in [0.5, 0.6) is 5.75 Å². The summed E-state index contributed by atoms with van der Waals surface area (Å²) in [5, 5.41) is 13.1. The van der Waals surface area contributed by atoms with Crippen LogP contribution in [-0.4, -0.2) is 33.4 Å². The van der Waals surface area contributed by atoms with E-state index in [0.717, 1.165) is 5.69 Å². The summed E-state index contributed by atoms with van der Waals surface area (Å²) in [4.78, 5) is 8.45. The van der Waals surface area contributed by atoms with Crippen molar-refractivity contribution in [1.29, 1.82) is 5.26 Å². The molecular weight excluding hydrogens is 409 g/mol. The Morgan fingerprint density at radius 3 is 2.74 bits per heavy atom. The number of alkyl halides is 3. The first kappa shape index (κ1) is 21.8. The molecule has 0 unspecified atom stereocenters. The number of amidine groups is 1. The number of rotatable bonds is 7. The maximum absolute atomic E-state index is 12.4. The number of halogens is 3. The lowest BCUT2D eigenvalue weighted by Crippen LogP contribution is -2.20. The first-order valence-corrected chi connectivity index (χ1v) is 9.22. The first-order chi connectivity index (χ1) is 14.7. The molecule has 7 nitrogen and oxygen atoms in total. The van der Waals surface area contributed by atoms with E-state index in [1.807, 2.05) is 6.07 Å². The number of nitriles is 1. The fourth-order valence-electron chi connectivity index (χ4n) is 2.71. The van der Waals surface area contributed by atoms with Gasteiger partial charge in [0.15, 0.2) is 12.4 Å². The standard InChI is InChI=1S/C21H19F3N6O/c1-14-2-3-15(8-18(14)31-13-21(22,23)24)9-19(26)28-20-6-7-30(29-20)12-17-5-4-16(10-25)11-27-17/h2-8,11H,9,12-13H2,1H3,(H2,26,28,29). The van der Waals surface area contributed by atoms with Gasteiger partial charge in [-0.2, -0.15) is 23.5 Å². The van der Waals surface area contributed by atoms with Crippen molar-refractivity contribution in [2.75, 3.05) is 6.61 Å². The number of nitrogens with zero attached hydrogens (tertiary/aromatic N) is 5. The fraction of sp³-hybridized carbons (Fsp3) is 0.238. The highest BCUT2D eigenvalue weighted by molar-refractivity contribution is 5.84. The Kier molecular flexibility index (Phi) is 6.55. The van der Waals surface area contributed by atoms with E-state index in [1.54, 1.807) is 48.1 Å². The molecule has 0 aliphatic rings. The van der Waals surface area contributed by atoms with Crippen LogP contribution >= 0.6 is 0 Å². The molecule has 0 bridgehead atoms. The highest BCUT2D eigenvalue weighted by Crippen LogP contribution is 2.23. The van der Waals surface area contributed by atoms with Crippen molar-refractivity contribution in [3.63, 3.8) is 0 Å². The molecule has 31 heavy (non-hydrogen) atoms. The van der Waals surface area contributed by atoms with Gasteiger partial charge < -0.3 is 10.5 Å². The van der Waals surface area contributed by atoms with Gasteiger partial charge in [0.2, 0.25) is 0 Å². The molecule has 2 aromatic heterocycles. The van der Waals surface area contributed by atoms with Crippen LogP contribution in [0.15, 0.2) is 53.8 Å². The van der Waals surface area contributed by atoms with E-state index >= 15 is 0 Å². The van der Waals surface area contributed by atoms with Crippen LogP contribution in [0, 0.1) is 18.3 Å². The molecule has 0 amide bonds. The van der Waals surface area contributed by atoms with Gasteiger partial charge in [0.25, 0.3) is 0 Å². The molecule has 2 N–H and O–H groups in total. The van der Waals surface area contributed by atoms with E-state index in [4.69, 9.17) is 15.7 Å². The van der Waals surface area contributed by atoms with E-state index in [9.17, 15) is 13.2 Å². The lowest BCUT2D eigenvalue weighted by molar-refractivity contribution is -0.153. The van der Waals surface area contributed by atoms with Crippen LogP contribution in [0.1, 0.15) is 22.4 Å². The predicted molar refractivity (Wildman–Crippen MR) is 108 cm³/mol. The summed E-state index contributed by atoms with van der Waals surface area (Å²) < 4.78 is 43.7. The van der Waals surface area contributed by atoms with Crippen LogP contribution in [0.25, 0.3) is 0 Å². The lowest BCUT2D eigenvalue weighted by Gasteiger charge is -2.12. The Bertz CT molecular complexity index is 1110. The van der Waals surface area contributed by atoms with Crippen LogP contribution in [0.2, 0.25) is 0 Å². The molecule has 0 aliphatic carbocycles. The number of pyridine rings is 1. The summed E-state index contributed by atoms with van der Waals surface area (Å²) in [7, 11) is 0. The second-order valence-electron chi connectivity index (χ2n) is 6.81. The van der Waals surface area contributed by atoms with Crippen molar-refractivity contribution >= 4 is 11.7 Å². The van der Waals surface area contributed by atoms with Gasteiger partial charge >= 0.3 is 6.18 Å². The zero-order valence-electron chi connectivity index (χ0n) is 16.6. The fourth-order valence-corrected chi connectivity index (χ4v) is 2.71. The third-order valence-corrected chi connectivity index (χ3v) is 4.19. The predicted octanol–water partition coefficient (Wildman–Crippen LogP) is 3.68. The zero-order chi connectivity index (χ0) is 22.4. The van der Waals surface area contributed by atoms with Gasteiger partial charge in [-0.3, -0.25) is 9.67 Å². The lowest BCUT2D eigenvalue weighted by atomic mass is 10.1. The topological polar surface area (TPSA) is 102 Å². The molecule has 10 heteroatoms. The second kappa shape index (κ2) is 9.30. The normalized spacial score (nSPS) is 11.9. The molecule has 2 heterocycles. The molecule has 0 atom stereocenters. The molecule has 0 fully saturated rings. The summed E-state index contributed by atoms with van der Waals surface area (Å²) >= 11 is 0. The van der Waals surface area contributed by atoms with Crippen LogP contribution in [0.3, 0.4) is 0 Å². The molecule has 0 saturated heterocycles. The number of hydrogen-bond donors (Lipinski definition) is 1. The largest absolute Gasteiger partial charge is 0.484 e. The monoisotopic (exact) mass is 428 g/mol. The van der Waals surface area contributed by atoms with Crippen molar-refractivity contribution < 1.29 is 17.9 Å². The molecule has 0 aliphatic heterocycles. The van der Waals surface area contributed by atoms with Crippen LogP contribution < -0.4 is 10.5 Å². The summed E-state index contributed by atoms with van der Waals surface area (Å²) in [6.45, 7) is 0.716. The molecule has 0 radical (unpaired) electrons. The number of hydrogen-bond acceptors (Lipinski definition) is 5. The second-order valence-corrected chi connectivity index (χ2v) is 6.81. The van der Waals surface area contributed by atoms with Crippen molar-refractivity contribution in [3.8, 4) is 11.8 Å². The van der Waals surface area contributed by atoms with Gasteiger partial charge in [-0.1, -0.05) is 12.1 Å². The Balaban J connectivity index is 1.65. The quantitative estimate of drug-likeness (QED) is 0.457. The molecular formula is C21H19F3N6O. The number of nitrogens with two attached hydrogens (primary N) is 1. The molecule has 0 saturated carbocycles. The third kappa shape index (κ3) is 6.57. The summed E-state index contributed by atoms with van der Waals surface area (Å²) in [5.41, 5.74) is 8.48. The van der Waals surface area contributed by atoms with E-state index < -0.39 is 12.8 Å². The molecule has 1 aromatic carbocycles. The van der Waals surface area contributed by atoms with Gasteiger partial charge in [-0.15, -0.1) is 0 Å².